The zero-order valence-electron chi connectivity index (χ0n) is 15.6. The maximum Gasteiger partial charge on any atom is 0.151 e. The molecule has 144 valence electrons. The largest absolute Gasteiger partial charge is 0.788 e. The molecular weight excluding hydrogens is 302 g/mol. The molecule has 0 rings (SSSR count). The molecule has 0 radical (unpaired) electrons. The molecule has 0 unspecified atom stereocenters. The Morgan fingerprint density at radius 2 is 1.04 bits per heavy atom. The lowest BCUT2D eigenvalue weighted by Crippen LogP contribution is -2.04. The summed E-state index contributed by atoms with van der Waals surface area (Å²) in [5.41, 5.74) is 1.95. The Morgan fingerprint density at radius 1 is 0.625 bits per heavy atom. The van der Waals surface area contributed by atoms with Crippen molar-refractivity contribution in [3.8, 4) is 0 Å². The van der Waals surface area contributed by atoms with Crippen LogP contribution in [-0.2, 0) is 0 Å². The Hall–Kier alpha value is -0.420. The summed E-state index contributed by atoms with van der Waals surface area (Å²) in [5.74, 6) is 0. The summed E-state index contributed by atoms with van der Waals surface area (Å²) in [6.45, 7) is 0.608. The molecule has 0 aromatic carbocycles. The van der Waals surface area contributed by atoms with Crippen LogP contribution in [-0.4, -0.2) is 23.0 Å². The molecule has 0 heterocycles. The molecule has 4 nitrogen and oxygen atoms in total. The topological polar surface area (TPSA) is 75.5 Å². The van der Waals surface area contributed by atoms with Gasteiger partial charge in [-0.2, -0.15) is 0 Å². The van der Waals surface area contributed by atoms with Gasteiger partial charge in [0.1, 0.15) is 0 Å². The fraction of sp³-hybridized carbons (Fsp3) is 0.900. The first-order chi connectivity index (χ1) is 11.8. The molecule has 0 saturated heterocycles. The summed E-state index contributed by atoms with van der Waals surface area (Å²) in [5, 5.41) is 27.5. The molecule has 0 saturated carbocycles. The zero-order valence-corrected chi connectivity index (χ0v) is 15.6. The maximum atomic E-state index is 10.0. The molecule has 3 N–H and O–H groups in total. The highest BCUT2D eigenvalue weighted by Crippen LogP contribution is 2.11. The molecular formula is C20H40NO3-. The van der Waals surface area contributed by atoms with Crippen LogP contribution >= 0.6 is 0 Å². The molecule has 24 heavy (non-hydrogen) atoms. The number of unbranched alkanes of at least 4 members (excludes halogenated alkanes) is 13. The van der Waals surface area contributed by atoms with Crippen molar-refractivity contribution in [3.05, 3.63) is 17.4 Å². The van der Waals surface area contributed by atoms with Crippen molar-refractivity contribution in [2.24, 2.45) is 0 Å². The van der Waals surface area contributed by atoms with Crippen molar-refractivity contribution in [1.29, 1.82) is 0 Å². The number of hydrogen-bond donors (Lipinski definition) is 3. The molecule has 0 fully saturated rings. The Labute approximate surface area is 149 Å². The van der Waals surface area contributed by atoms with E-state index in [1.807, 2.05) is 5.48 Å². The monoisotopic (exact) mass is 342 g/mol. The quantitative estimate of drug-likeness (QED) is 0.131. The van der Waals surface area contributed by atoms with E-state index in [0.29, 0.717) is 13.0 Å². The van der Waals surface area contributed by atoms with Gasteiger partial charge in [0.05, 0.1) is 0 Å². The lowest BCUT2D eigenvalue weighted by molar-refractivity contribution is -0.0466. The predicted molar refractivity (Wildman–Crippen MR) is 103 cm³/mol. The minimum absolute atomic E-state index is 0.518. The predicted octanol–water partition coefficient (Wildman–Crippen LogP) is 5.18. The van der Waals surface area contributed by atoms with Gasteiger partial charge in [-0.25, -0.2) is 0 Å². The normalized spacial score (nSPS) is 11.8. The summed E-state index contributed by atoms with van der Waals surface area (Å²) in [6.07, 6.45) is 22.3. The van der Waals surface area contributed by atoms with Gasteiger partial charge < -0.3 is 20.9 Å². The van der Waals surface area contributed by atoms with E-state index in [2.05, 4.69) is 12.2 Å². The number of aliphatic hydroxyl groups excluding tert-OH is 1. The van der Waals surface area contributed by atoms with Crippen molar-refractivity contribution in [3.63, 3.8) is 0 Å². The highest BCUT2D eigenvalue weighted by Gasteiger charge is 1.96. The zero-order chi connectivity index (χ0) is 17.7. The standard InChI is InChI=1S/C20H40NO3/c22-20(23)18-16-14-12-10-8-6-4-2-1-3-5-7-9-11-13-15-17-19-21-24/h1,3,20-23H,2,4-19H2/q-1/b3-1-. The van der Waals surface area contributed by atoms with Gasteiger partial charge in [-0.1, -0.05) is 69.9 Å². The summed E-state index contributed by atoms with van der Waals surface area (Å²) in [6, 6.07) is 0. The van der Waals surface area contributed by atoms with Crippen LogP contribution < -0.4 is 5.48 Å². The van der Waals surface area contributed by atoms with Gasteiger partial charge in [-0.3, -0.25) is 0 Å². The third-order valence-corrected chi connectivity index (χ3v) is 4.40. The van der Waals surface area contributed by atoms with E-state index in [1.165, 1.54) is 77.0 Å². The van der Waals surface area contributed by atoms with E-state index in [1.54, 1.807) is 0 Å². The van der Waals surface area contributed by atoms with Gasteiger partial charge in [0.15, 0.2) is 6.29 Å². The Morgan fingerprint density at radius 3 is 1.50 bits per heavy atom. The Balaban J connectivity index is 3.06. The van der Waals surface area contributed by atoms with Gasteiger partial charge in [-0.05, 0) is 51.5 Å². The van der Waals surface area contributed by atoms with Crippen LogP contribution in [0.1, 0.15) is 103 Å². The molecule has 0 aliphatic heterocycles. The summed E-state index contributed by atoms with van der Waals surface area (Å²) < 4.78 is 0. The first-order valence-electron chi connectivity index (χ1n) is 10.1. The van der Waals surface area contributed by atoms with E-state index in [-0.39, 0.29) is 0 Å². The highest BCUT2D eigenvalue weighted by atomic mass is 16.5. The van der Waals surface area contributed by atoms with Crippen LogP contribution in [0.15, 0.2) is 12.2 Å². The van der Waals surface area contributed by atoms with Gasteiger partial charge in [0, 0.05) is 0 Å². The molecule has 0 spiro atoms. The summed E-state index contributed by atoms with van der Waals surface area (Å²) >= 11 is 0. The van der Waals surface area contributed by atoms with Crippen molar-refractivity contribution in [1.82, 2.24) is 5.48 Å². The van der Waals surface area contributed by atoms with Crippen LogP contribution in [0.2, 0.25) is 0 Å². The van der Waals surface area contributed by atoms with Crippen LogP contribution in [0, 0.1) is 5.21 Å². The van der Waals surface area contributed by atoms with Gasteiger partial charge in [0.25, 0.3) is 0 Å². The minimum Gasteiger partial charge on any atom is -0.788 e. The fourth-order valence-electron chi connectivity index (χ4n) is 2.88. The van der Waals surface area contributed by atoms with Crippen molar-refractivity contribution < 1.29 is 10.2 Å². The molecule has 4 heteroatoms. The second-order valence-electron chi connectivity index (χ2n) is 6.81. The van der Waals surface area contributed by atoms with E-state index < -0.39 is 6.29 Å². The smallest absolute Gasteiger partial charge is 0.151 e. The van der Waals surface area contributed by atoms with E-state index in [9.17, 15) is 5.21 Å². The van der Waals surface area contributed by atoms with Crippen LogP contribution in [0.25, 0.3) is 0 Å². The SMILES string of the molecule is [O-]NCCCCCCCC/C=C\CCCCCCCCCC(O)O. The second kappa shape index (κ2) is 20.6. The van der Waals surface area contributed by atoms with Crippen LogP contribution in [0.3, 0.4) is 0 Å². The van der Waals surface area contributed by atoms with Gasteiger partial charge in [-0.15, -0.1) is 0 Å². The molecule has 0 aliphatic rings. The molecule has 0 aromatic rings. The third kappa shape index (κ3) is 21.6. The molecule has 0 aromatic heterocycles. The first-order valence-corrected chi connectivity index (χ1v) is 10.1. The average molecular weight is 343 g/mol. The van der Waals surface area contributed by atoms with Gasteiger partial charge in [0.2, 0.25) is 0 Å². The van der Waals surface area contributed by atoms with E-state index >= 15 is 0 Å². The molecule has 0 atom stereocenters. The van der Waals surface area contributed by atoms with E-state index in [0.717, 1.165) is 19.3 Å². The number of hydroxylamine groups is 1. The Bertz CT molecular complexity index is 257. The van der Waals surface area contributed by atoms with Gasteiger partial charge >= 0.3 is 0 Å². The highest BCUT2D eigenvalue weighted by molar-refractivity contribution is 4.81. The molecule has 0 amide bonds. The second-order valence-corrected chi connectivity index (χ2v) is 6.81. The Kier molecular flexibility index (Phi) is 20.3. The lowest BCUT2D eigenvalue weighted by Gasteiger charge is -2.05. The van der Waals surface area contributed by atoms with Crippen molar-refractivity contribution in [2.75, 3.05) is 6.54 Å². The number of aliphatic hydroxyl groups is 2. The molecule has 0 aliphatic carbocycles. The third-order valence-electron chi connectivity index (χ3n) is 4.40. The number of rotatable bonds is 19. The van der Waals surface area contributed by atoms with E-state index in [4.69, 9.17) is 10.2 Å². The lowest BCUT2D eigenvalue weighted by atomic mass is 10.1. The fourth-order valence-corrected chi connectivity index (χ4v) is 2.88. The van der Waals surface area contributed by atoms with Crippen molar-refractivity contribution in [2.45, 2.75) is 109 Å². The number of nitrogens with one attached hydrogen (secondary N) is 1. The number of hydrogen-bond acceptors (Lipinski definition) is 4. The molecule has 0 bridgehead atoms. The number of allylic oxidation sites excluding steroid dienone is 2. The summed E-state index contributed by atoms with van der Waals surface area (Å²) in [4.78, 5) is 0. The van der Waals surface area contributed by atoms with Crippen LogP contribution in [0.5, 0.6) is 0 Å². The average Bonchev–Trinajstić information content (AvgIpc) is 2.56. The first kappa shape index (κ1) is 23.6. The summed E-state index contributed by atoms with van der Waals surface area (Å²) in [7, 11) is 0. The van der Waals surface area contributed by atoms with Crippen LogP contribution in [0.4, 0.5) is 0 Å². The maximum absolute atomic E-state index is 10.0. The van der Waals surface area contributed by atoms with Crippen molar-refractivity contribution >= 4 is 0 Å². The minimum atomic E-state index is -1.12.